The molecule has 0 amide bonds. The van der Waals surface area contributed by atoms with Gasteiger partial charge in [0.1, 0.15) is 0 Å². The van der Waals surface area contributed by atoms with Gasteiger partial charge < -0.3 is 0 Å². The van der Waals surface area contributed by atoms with Crippen LogP contribution in [0.4, 0.5) is 0 Å². The molecule has 0 radical (unpaired) electrons. The van der Waals surface area contributed by atoms with E-state index < -0.39 is 0 Å². The van der Waals surface area contributed by atoms with Gasteiger partial charge in [0.2, 0.25) is 0 Å². The molecule has 0 heterocycles. The average Bonchev–Trinajstić information content (AvgIpc) is 2.15. The van der Waals surface area contributed by atoms with E-state index in [-0.39, 0.29) is 0 Å². The lowest BCUT2D eigenvalue weighted by Gasteiger charge is -1.98. The fourth-order valence-electron chi connectivity index (χ4n) is 0.980. The van der Waals surface area contributed by atoms with E-state index in [1.165, 1.54) is 0 Å². The largest absolute Gasteiger partial charge is 0.115 e. The molecule has 1 aromatic rings. The van der Waals surface area contributed by atoms with Gasteiger partial charge in [0, 0.05) is 0 Å². The Labute approximate surface area is 73.2 Å². The average molecular weight is 154 g/mol. The van der Waals surface area contributed by atoms with Crippen molar-refractivity contribution in [3.8, 4) is 12.3 Å². The monoisotopic (exact) mass is 154 g/mol. The first-order valence-electron chi connectivity index (χ1n) is 3.72. The second-order valence-electron chi connectivity index (χ2n) is 2.34. The highest BCUT2D eigenvalue weighted by Crippen LogP contribution is 2.13. The fourth-order valence-corrected chi connectivity index (χ4v) is 0.980. The summed E-state index contributed by atoms with van der Waals surface area (Å²) in [7, 11) is 0. The molecule has 0 aliphatic rings. The van der Waals surface area contributed by atoms with E-state index in [0.717, 1.165) is 11.1 Å². The second kappa shape index (κ2) is 4.20. The zero-order valence-electron chi connectivity index (χ0n) is 6.83. The van der Waals surface area contributed by atoms with Gasteiger partial charge in [-0.05, 0) is 17.2 Å². The van der Waals surface area contributed by atoms with Crippen molar-refractivity contribution in [1.82, 2.24) is 0 Å². The molecule has 0 unspecified atom stereocenters. The van der Waals surface area contributed by atoms with Crippen LogP contribution in [0, 0.1) is 12.3 Å². The highest BCUT2D eigenvalue weighted by Gasteiger charge is 1.92. The summed E-state index contributed by atoms with van der Waals surface area (Å²) < 4.78 is 0. The zero-order valence-corrected chi connectivity index (χ0v) is 6.83. The summed E-state index contributed by atoms with van der Waals surface area (Å²) in [6.07, 6.45) is 8.64. The third-order valence-corrected chi connectivity index (χ3v) is 1.57. The van der Waals surface area contributed by atoms with Crippen LogP contribution in [0.3, 0.4) is 0 Å². The van der Waals surface area contributed by atoms with E-state index in [1.807, 2.05) is 30.3 Å². The molecule has 0 aliphatic heterocycles. The summed E-state index contributed by atoms with van der Waals surface area (Å²) in [5.41, 5.74) is 2.09. The zero-order chi connectivity index (χ0) is 8.81. The number of hydrogen-bond donors (Lipinski definition) is 0. The molecule has 0 saturated carbocycles. The van der Waals surface area contributed by atoms with E-state index in [9.17, 15) is 0 Å². The van der Waals surface area contributed by atoms with Gasteiger partial charge in [-0.25, -0.2) is 0 Å². The minimum absolute atomic E-state index is 0.984. The van der Waals surface area contributed by atoms with Crippen LogP contribution in [0.15, 0.2) is 49.1 Å². The van der Waals surface area contributed by atoms with Crippen LogP contribution >= 0.6 is 0 Å². The summed E-state index contributed by atoms with van der Waals surface area (Å²) in [5.74, 6) is 2.48. The molecule has 1 rings (SSSR count). The molecule has 0 N–H and O–H groups in total. The Balaban J connectivity index is 3.06. The smallest absolute Gasteiger partial charge is 0.00432 e. The molecule has 0 atom stereocenters. The van der Waals surface area contributed by atoms with Gasteiger partial charge >= 0.3 is 0 Å². The lowest BCUT2D eigenvalue weighted by molar-refractivity contribution is 1.63. The molecular weight excluding hydrogens is 144 g/mol. The van der Waals surface area contributed by atoms with E-state index in [4.69, 9.17) is 6.42 Å². The van der Waals surface area contributed by atoms with Gasteiger partial charge in [-0.1, -0.05) is 48.9 Å². The van der Waals surface area contributed by atoms with Gasteiger partial charge in [0.25, 0.3) is 0 Å². The van der Waals surface area contributed by atoms with Crippen molar-refractivity contribution in [2.45, 2.75) is 0 Å². The highest BCUT2D eigenvalue weighted by molar-refractivity contribution is 5.75. The summed E-state index contributed by atoms with van der Waals surface area (Å²) in [4.78, 5) is 0. The molecule has 0 saturated heterocycles. The van der Waals surface area contributed by atoms with Crippen molar-refractivity contribution in [1.29, 1.82) is 0 Å². The van der Waals surface area contributed by atoms with Gasteiger partial charge in [-0.3, -0.25) is 0 Å². The minimum Gasteiger partial charge on any atom is -0.115 e. The van der Waals surface area contributed by atoms with Crippen LogP contribution in [0.5, 0.6) is 0 Å². The topological polar surface area (TPSA) is 0 Å². The number of allylic oxidation sites excluding steroid dienone is 3. The van der Waals surface area contributed by atoms with Crippen LogP contribution in [-0.4, -0.2) is 0 Å². The summed E-state index contributed by atoms with van der Waals surface area (Å²) >= 11 is 0. The summed E-state index contributed by atoms with van der Waals surface area (Å²) in [5, 5.41) is 0. The van der Waals surface area contributed by atoms with Crippen molar-refractivity contribution in [3.63, 3.8) is 0 Å². The van der Waals surface area contributed by atoms with Crippen molar-refractivity contribution < 1.29 is 0 Å². The number of terminal acetylenes is 1. The Kier molecular flexibility index (Phi) is 2.93. The van der Waals surface area contributed by atoms with Crippen LogP contribution in [-0.2, 0) is 0 Å². The number of rotatable bonds is 2. The van der Waals surface area contributed by atoms with Crippen molar-refractivity contribution in [2.24, 2.45) is 0 Å². The van der Waals surface area contributed by atoms with Crippen LogP contribution < -0.4 is 0 Å². The van der Waals surface area contributed by atoms with Gasteiger partial charge in [0.05, 0.1) is 0 Å². The first kappa shape index (κ1) is 8.36. The Morgan fingerprint density at radius 2 is 2.00 bits per heavy atom. The summed E-state index contributed by atoms with van der Waals surface area (Å²) in [6, 6.07) is 9.93. The van der Waals surface area contributed by atoms with Crippen LogP contribution in [0.1, 0.15) is 5.56 Å². The SMILES string of the molecule is C#C/C=C(\C=C)c1ccccc1. The minimum atomic E-state index is 0.984. The maximum absolute atomic E-state index is 5.17. The van der Waals surface area contributed by atoms with Crippen LogP contribution in [0.25, 0.3) is 5.57 Å². The molecule has 1 aromatic carbocycles. The first-order chi connectivity index (χ1) is 5.88. The quantitative estimate of drug-likeness (QED) is 0.454. The Morgan fingerprint density at radius 1 is 1.33 bits per heavy atom. The third kappa shape index (κ3) is 1.87. The van der Waals surface area contributed by atoms with Gasteiger partial charge in [0.15, 0.2) is 0 Å². The van der Waals surface area contributed by atoms with E-state index >= 15 is 0 Å². The van der Waals surface area contributed by atoms with E-state index in [0.29, 0.717) is 0 Å². The molecule has 0 bridgehead atoms. The van der Waals surface area contributed by atoms with Crippen LogP contribution in [0.2, 0.25) is 0 Å². The molecule has 0 heteroatoms. The predicted molar refractivity (Wildman–Crippen MR) is 53.4 cm³/mol. The molecular formula is C12H10. The van der Waals surface area contributed by atoms with Crippen molar-refractivity contribution >= 4 is 5.57 Å². The molecule has 58 valence electrons. The van der Waals surface area contributed by atoms with Gasteiger partial charge in [-0.2, -0.15) is 0 Å². The van der Waals surface area contributed by atoms with Gasteiger partial charge in [-0.15, -0.1) is 6.42 Å². The Morgan fingerprint density at radius 3 is 2.50 bits per heavy atom. The standard InChI is InChI=1S/C12H10/c1-3-8-11(4-2)12-9-6-5-7-10-12/h1,4-10H,2H2/b11-8+. The maximum atomic E-state index is 5.17. The normalized spacial score (nSPS) is 10.4. The predicted octanol–water partition coefficient (Wildman–Crippen LogP) is 2.89. The van der Waals surface area contributed by atoms with Crippen molar-refractivity contribution in [3.05, 3.63) is 54.6 Å². The Bertz CT molecular complexity index is 323. The first-order valence-corrected chi connectivity index (χ1v) is 3.72. The molecule has 0 nitrogen and oxygen atoms in total. The second-order valence-corrected chi connectivity index (χ2v) is 2.34. The third-order valence-electron chi connectivity index (χ3n) is 1.57. The van der Waals surface area contributed by atoms with E-state index in [1.54, 1.807) is 12.2 Å². The number of benzene rings is 1. The molecule has 12 heavy (non-hydrogen) atoms. The Hall–Kier alpha value is -1.74. The molecule has 0 aliphatic carbocycles. The molecule has 0 fully saturated rings. The summed E-state index contributed by atoms with van der Waals surface area (Å²) in [6.45, 7) is 3.69. The number of hydrogen-bond acceptors (Lipinski definition) is 0. The maximum Gasteiger partial charge on any atom is -0.00432 e. The molecule has 0 aromatic heterocycles. The lowest BCUT2D eigenvalue weighted by atomic mass is 10.1. The highest BCUT2D eigenvalue weighted by atomic mass is 14.0. The lowest BCUT2D eigenvalue weighted by Crippen LogP contribution is -1.77. The fraction of sp³-hybridized carbons (Fsp3) is 0. The van der Waals surface area contributed by atoms with E-state index in [2.05, 4.69) is 12.5 Å². The molecule has 0 spiro atoms. The van der Waals surface area contributed by atoms with Crippen molar-refractivity contribution in [2.75, 3.05) is 0 Å².